The second-order valence-corrected chi connectivity index (χ2v) is 11.3. The number of ketones is 1. The molecule has 3 heteroatoms. The van der Waals surface area contributed by atoms with Crippen LogP contribution in [0.25, 0.3) is 0 Å². The van der Waals surface area contributed by atoms with Crippen LogP contribution in [-0.2, 0) is 4.79 Å². The lowest BCUT2D eigenvalue weighted by atomic mass is 9.81. The topological polar surface area (TPSA) is 57.5 Å². The van der Waals surface area contributed by atoms with Crippen LogP contribution in [0.4, 0.5) is 0 Å². The zero-order chi connectivity index (χ0) is 23.0. The van der Waals surface area contributed by atoms with Gasteiger partial charge in [0, 0.05) is 12.8 Å². The summed E-state index contributed by atoms with van der Waals surface area (Å²) >= 11 is 0. The summed E-state index contributed by atoms with van der Waals surface area (Å²) in [6.45, 7) is 0. The van der Waals surface area contributed by atoms with Crippen molar-refractivity contribution in [3.8, 4) is 0 Å². The summed E-state index contributed by atoms with van der Waals surface area (Å²) in [6, 6.07) is 0. The maximum Gasteiger partial charge on any atom is 0.137 e. The SMILES string of the molecule is C.C.O=C1CCC2=C(CCCC2)C1.O[C@H]1CCC2=C(CCCC2)C1.O[C@H]1CCC2=C(CCCC2)C1. The number of aliphatic hydroxyl groups is 2. The van der Waals surface area contributed by atoms with Gasteiger partial charge in [-0.05, 0) is 122 Å². The Morgan fingerprint density at radius 3 is 1.29 bits per heavy atom. The van der Waals surface area contributed by atoms with Crippen LogP contribution < -0.4 is 0 Å². The van der Waals surface area contributed by atoms with E-state index in [2.05, 4.69) is 0 Å². The first kappa shape index (κ1) is 30.0. The average molecular weight is 487 g/mol. The van der Waals surface area contributed by atoms with Gasteiger partial charge in [0.1, 0.15) is 5.78 Å². The molecule has 200 valence electrons. The molecule has 0 saturated heterocycles. The monoisotopic (exact) mass is 486 g/mol. The minimum atomic E-state index is -0.0214. The average Bonchev–Trinajstić information content (AvgIpc) is 2.84. The highest BCUT2D eigenvalue weighted by atomic mass is 16.3. The Hall–Kier alpha value is -1.19. The van der Waals surface area contributed by atoms with E-state index in [0.717, 1.165) is 44.9 Å². The van der Waals surface area contributed by atoms with Gasteiger partial charge in [-0.25, -0.2) is 0 Å². The molecule has 0 fully saturated rings. The molecule has 0 unspecified atom stereocenters. The van der Waals surface area contributed by atoms with E-state index in [9.17, 15) is 15.0 Å². The van der Waals surface area contributed by atoms with Crippen molar-refractivity contribution in [3.63, 3.8) is 0 Å². The number of rotatable bonds is 0. The van der Waals surface area contributed by atoms with Gasteiger partial charge in [0.05, 0.1) is 12.2 Å². The normalized spacial score (nSPS) is 28.0. The molecule has 0 bridgehead atoms. The molecule has 0 amide bonds. The summed E-state index contributed by atoms with van der Waals surface area (Å²) in [4.78, 5) is 11.1. The number of Topliss-reactive ketones (excluding diaryl/α,β-unsaturated/α-hetero) is 1. The molecule has 0 heterocycles. The van der Waals surface area contributed by atoms with Crippen molar-refractivity contribution in [2.75, 3.05) is 0 Å². The number of hydrogen-bond donors (Lipinski definition) is 2. The number of hydrogen-bond acceptors (Lipinski definition) is 3. The van der Waals surface area contributed by atoms with E-state index in [1.165, 1.54) is 95.5 Å². The van der Waals surface area contributed by atoms with Crippen molar-refractivity contribution < 1.29 is 15.0 Å². The van der Waals surface area contributed by atoms with Crippen LogP contribution in [0, 0.1) is 0 Å². The summed E-state index contributed by atoms with van der Waals surface area (Å²) in [5, 5.41) is 18.8. The van der Waals surface area contributed by atoms with Gasteiger partial charge < -0.3 is 10.2 Å². The van der Waals surface area contributed by atoms with E-state index in [0.29, 0.717) is 5.78 Å². The summed E-state index contributed by atoms with van der Waals surface area (Å²) in [7, 11) is 0. The van der Waals surface area contributed by atoms with Gasteiger partial charge in [0.15, 0.2) is 0 Å². The second kappa shape index (κ2) is 15.2. The van der Waals surface area contributed by atoms with Crippen molar-refractivity contribution in [2.45, 2.75) is 162 Å². The number of carbonyl (C=O) groups is 1. The maximum absolute atomic E-state index is 11.1. The molecule has 0 saturated carbocycles. The first-order valence-electron chi connectivity index (χ1n) is 14.1. The van der Waals surface area contributed by atoms with Crippen molar-refractivity contribution in [2.24, 2.45) is 0 Å². The van der Waals surface area contributed by atoms with Crippen LogP contribution in [0.1, 0.15) is 150 Å². The highest BCUT2D eigenvalue weighted by molar-refractivity contribution is 5.82. The van der Waals surface area contributed by atoms with Crippen LogP contribution >= 0.6 is 0 Å². The maximum atomic E-state index is 11.1. The van der Waals surface area contributed by atoms with Gasteiger partial charge in [-0.1, -0.05) is 48.3 Å². The van der Waals surface area contributed by atoms with Crippen molar-refractivity contribution >= 4 is 5.78 Å². The van der Waals surface area contributed by atoms with E-state index in [-0.39, 0.29) is 27.1 Å². The van der Waals surface area contributed by atoms with Gasteiger partial charge in [0.25, 0.3) is 0 Å². The molecule has 3 nitrogen and oxygen atoms in total. The van der Waals surface area contributed by atoms with E-state index < -0.39 is 0 Å². The molecule has 0 aromatic heterocycles. The Labute approximate surface area is 216 Å². The lowest BCUT2D eigenvalue weighted by Gasteiger charge is -2.27. The predicted octanol–water partition coefficient (Wildman–Crippen LogP) is 8.69. The van der Waals surface area contributed by atoms with Crippen LogP contribution in [0.5, 0.6) is 0 Å². The highest BCUT2D eigenvalue weighted by Gasteiger charge is 2.22. The van der Waals surface area contributed by atoms with E-state index in [1.807, 2.05) is 0 Å². The molecule has 6 rings (SSSR count). The van der Waals surface area contributed by atoms with Crippen LogP contribution in [0.15, 0.2) is 33.4 Å². The highest BCUT2D eigenvalue weighted by Crippen LogP contribution is 2.36. The largest absolute Gasteiger partial charge is 0.393 e. The van der Waals surface area contributed by atoms with Gasteiger partial charge in [-0.2, -0.15) is 0 Å². The van der Waals surface area contributed by atoms with Crippen LogP contribution in [-0.4, -0.2) is 28.2 Å². The molecular weight excluding hydrogens is 432 g/mol. The summed E-state index contributed by atoms with van der Waals surface area (Å²) in [5.74, 6) is 0.464. The second-order valence-electron chi connectivity index (χ2n) is 11.3. The molecule has 6 aliphatic rings. The fraction of sp³-hybridized carbons (Fsp3) is 0.781. The van der Waals surface area contributed by atoms with Gasteiger partial charge in [0.2, 0.25) is 0 Å². The van der Waals surface area contributed by atoms with Gasteiger partial charge >= 0.3 is 0 Å². The molecule has 35 heavy (non-hydrogen) atoms. The van der Waals surface area contributed by atoms with Crippen LogP contribution in [0.2, 0.25) is 0 Å². The summed E-state index contributed by atoms with van der Waals surface area (Å²) in [5.41, 5.74) is 9.66. The molecule has 0 radical (unpaired) electrons. The minimum absolute atomic E-state index is 0. The summed E-state index contributed by atoms with van der Waals surface area (Å²) in [6.07, 6.45) is 24.8. The Balaban J connectivity index is 0.000000180. The first-order valence-corrected chi connectivity index (χ1v) is 14.1. The minimum Gasteiger partial charge on any atom is -0.393 e. The third kappa shape index (κ3) is 9.01. The van der Waals surface area contributed by atoms with E-state index in [4.69, 9.17) is 0 Å². The molecule has 2 N–H and O–H groups in total. The third-order valence-corrected chi connectivity index (χ3v) is 8.76. The van der Waals surface area contributed by atoms with Gasteiger partial charge in [-0.15, -0.1) is 0 Å². The Kier molecular flexibility index (Phi) is 13.0. The lowest BCUT2D eigenvalue weighted by molar-refractivity contribution is -0.118. The predicted molar refractivity (Wildman–Crippen MR) is 149 cm³/mol. The van der Waals surface area contributed by atoms with Crippen molar-refractivity contribution in [1.29, 1.82) is 0 Å². The zero-order valence-electron chi connectivity index (χ0n) is 20.8. The Morgan fingerprint density at radius 2 is 0.829 bits per heavy atom. The smallest absolute Gasteiger partial charge is 0.137 e. The first-order chi connectivity index (χ1) is 16.1. The Morgan fingerprint density at radius 1 is 0.457 bits per heavy atom. The molecule has 0 aromatic carbocycles. The quantitative estimate of drug-likeness (QED) is 0.337. The third-order valence-electron chi connectivity index (χ3n) is 8.76. The number of allylic oxidation sites excluding steroid dienone is 4. The standard InChI is InChI=1S/2C10H16O.C10H14O.2CH4/c3*11-10-6-5-8-3-1-2-4-9(8)7-10;;/h2*10-11H,1-7H2;1-7H2;2*1H4/t2*10-;;;/m00.../s1. The molecule has 0 aliphatic heterocycles. The van der Waals surface area contributed by atoms with Crippen molar-refractivity contribution in [1.82, 2.24) is 0 Å². The molecule has 0 aromatic rings. The number of aliphatic hydroxyl groups excluding tert-OH is 2. The number of carbonyl (C=O) groups excluding carboxylic acids is 1. The molecule has 2 atom stereocenters. The fourth-order valence-electron chi connectivity index (χ4n) is 6.77. The van der Waals surface area contributed by atoms with Crippen LogP contribution in [0.3, 0.4) is 0 Å². The zero-order valence-corrected chi connectivity index (χ0v) is 20.8. The van der Waals surface area contributed by atoms with Gasteiger partial charge in [-0.3, -0.25) is 4.79 Å². The molecule has 6 aliphatic carbocycles. The van der Waals surface area contributed by atoms with E-state index in [1.54, 1.807) is 27.9 Å². The fourth-order valence-corrected chi connectivity index (χ4v) is 6.77. The Bertz CT molecular complexity index is 740. The van der Waals surface area contributed by atoms with E-state index >= 15 is 0 Å². The summed E-state index contributed by atoms with van der Waals surface area (Å²) < 4.78 is 0. The van der Waals surface area contributed by atoms with Crippen molar-refractivity contribution in [3.05, 3.63) is 33.4 Å². The lowest BCUT2D eigenvalue weighted by Crippen LogP contribution is -2.16. The molecule has 0 spiro atoms. The molecular formula is C32H54O3.